The standard InChI is InChI=1S/C42H47F2N9O5/c1-23-5-4-14-58-40(46-3)30(20-45)34-18-27(15-24(2)48-34)38(55)51-42-49-33-8-6-26(19-35(33)53(42)21-23)41(57)52-13-11-28(22-52)47-12-10-25-16-31(43)37(32(44)17-25)29-7-9-36(54)50-39(29)56/h6,8,15-20,23,28-29,47H,4-5,7,9-14,21-22,45H2,1-3H3,(H,49,51,55)(H,50,54,56)/t23-,28-,29-/m1/s1. The van der Waals surface area contributed by atoms with Crippen LogP contribution in [0, 0.1) is 24.5 Å². The minimum Gasteiger partial charge on any atom is -0.477 e. The van der Waals surface area contributed by atoms with Gasteiger partial charge in [-0.25, -0.2) is 13.8 Å². The number of nitrogens with two attached hydrogens (primary N) is 1. The number of carbonyl (C=O) groups is 4. The highest BCUT2D eigenvalue weighted by Crippen LogP contribution is 2.31. The van der Waals surface area contributed by atoms with Gasteiger partial charge in [-0.3, -0.25) is 39.8 Å². The zero-order valence-electron chi connectivity index (χ0n) is 32.7. The lowest BCUT2D eigenvalue weighted by Crippen LogP contribution is -2.40. The molecule has 3 aliphatic rings. The first-order valence-corrected chi connectivity index (χ1v) is 19.6. The molecule has 3 atom stereocenters. The van der Waals surface area contributed by atoms with Crippen molar-refractivity contribution in [2.45, 2.75) is 70.9 Å². The van der Waals surface area contributed by atoms with Crippen LogP contribution in [-0.4, -0.2) is 88.3 Å². The van der Waals surface area contributed by atoms with Crippen molar-refractivity contribution >= 4 is 52.1 Å². The number of nitrogens with zero attached hydrogens (tertiary/aromatic N) is 5. The third-order valence-corrected chi connectivity index (χ3v) is 10.9. The number of aryl methyl sites for hydroxylation is 1. The maximum absolute atomic E-state index is 15.0. The number of piperidine rings is 1. The Balaban J connectivity index is 1.04. The summed E-state index contributed by atoms with van der Waals surface area (Å²) in [6.07, 6.45) is 4.03. The van der Waals surface area contributed by atoms with E-state index in [2.05, 4.69) is 32.9 Å². The first-order chi connectivity index (χ1) is 27.9. The highest BCUT2D eigenvalue weighted by molar-refractivity contribution is 6.19. The molecule has 16 heteroatoms. The Morgan fingerprint density at radius 2 is 1.84 bits per heavy atom. The molecule has 0 radical (unpaired) electrons. The van der Waals surface area contributed by atoms with Gasteiger partial charge in [0.15, 0.2) is 0 Å². The molecule has 2 saturated heterocycles. The van der Waals surface area contributed by atoms with Crippen molar-refractivity contribution in [2.75, 3.05) is 38.6 Å². The van der Waals surface area contributed by atoms with Gasteiger partial charge >= 0.3 is 0 Å². The quantitative estimate of drug-likeness (QED) is 0.202. The number of aliphatic imine (C=N–C) groups is 1. The number of imide groups is 1. The number of aromatic nitrogens is 3. The van der Waals surface area contributed by atoms with E-state index in [9.17, 15) is 19.2 Å². The largest absolute Gasteiger partial charge is 0.477 e. The number of hydrogen-bond donors (Lipinski definition) is 4. The zero-order chi connectivity index (χ0) is 41.1. The van der Waals surface area contributed by atoms with Gasteiger partial charge in [-0.1, -0.05) is 6.92 Å². The smallest absolute Gasteiger partial charge is 0.258 e. The van der Waals surface area contributed by atoms with Crippen molar-refractivity contribution in [3.8, 4) is 0 Å². The minimum absolute atomic E-state index is 0.0215. The van der Waals surface area contributed by atoms with Crippen LogP contribution in [0.2, 0.25) is 0 Å². The van der Waals surface area contributed by atoms with Crippen molar-refractivity contribution in [2.24, 2.45) is 16.6 Å². The van der Waals surface area contributed by atoms with Crippen molar-refractivity contribution in [1.29, 1.82) is 0 Å². The monoisotopic (exact) mass is 795 g/mol. The Labute approximate surface area is 334 Å². The number of hydrogen-bond acceptors (Lipinski definition) is 10. The van der Waals surface area contributed by atoms with Gasteiger partial charge in [-0.05, 0) is 99.5 Å². The van der Waals surface area contributed by atoms with Crippen LogP contribution in [-0.2, 0) is 27.3 Å². The Hall–Kier alpha value is -6.03. The van der Waals surface area contributed by atoms with Crippen LogP contribution in [0.1, 0.15) is 88.2 Å². The van der Waals surface area contributed by atoms with Crippen molar-refractivity contribution in [3.63, 3.8) is 0 Å². The van der Waals surface area contributed by atoms with E-state index in [1.807, 2.05) is 10.6 Å². The summed E-state index contributed by atoms with van der Waals surface area (Å²) in [6.45, 7) is 6.23. The molecule has 0 saturated carbocycles. The molecule has 4 amide bonds. The molecule has 2 fully saturated rings. The maximum atomic E-state index is 15.0. The van der Waals surface area contributed by atoms with Crippen LogP contribution in [0.3, 0.4) is 0 Å². The Bertz CT molecular complexity index is 2320. The van der Waals surface area contributed by atoms with E-state index in [0.717, 1.165) is 12.8 Å². The molecule has 2 aromatic heterocycles. The number of likely N-dealkylation sites (tertiary alicyclic amines) is 1. The van der Waals surface area contributed by atoms with Gasteiger partial charge in [0.25, 0.3) is 11.8 Å². The van der Waals surface area contributed by atoms with E-state index in [0.29, 0.717) is 102 Å². The highest BCUT2D eigenvalue weighted by atomic mass is 19.1. The van der Waals surface area contributed by atoms with Crippen LogP contribution in [0.25, 0.3) is 16.6 Å². The predicted octanol–water partition coefficient (Wildman–Crippen LogP) is 4.61. The number of amides is 4. The second-order valence-corrected chi connectivity index (χ2v) is 15.2. The summed E-state index contributed by atoms with van der Waals surface area (Å²) in [5, 5.41) is 8.56. The molecule has 2 bridgehead atoms. The fourth-order valence-corrected chi connectivity index (χ4v) is 7.98. The number of nitrogens with one attached hydrogen (secondary N) is 3. The number of fused-ring (bicyclic) bond motifs is 5. The number of ether oxygens (including phenoxy) is 1. The predicted molar refractivity (Wildman–Crippen MR) is 214 cm³/mol. The second-order valence-electron chi connectivity index (χ2n) is 15.2. The third-order valence-electron chi connectivity index (χ3n) is 10.9. The molecule has 0 unspecified atom stereocenters. The van der Waals surface area contributed by atoms with E-state index >= 15 is 8.78 Å². The van der Waals surface area contributed by atoms with Crippen LogP contribution in [0.5, 0.6) is 0 Å². The number of imidazole rings is 1. The molecule has 5 heterocycles. The molecule has 3 aliphatic heterocycles. The number of pyridine rings is 1. The van der Waals surface area contributed by atoms with E-state index < -0.39 is 29.4 Å². The molecule has 4 aromatic rings. The van der Waals surface area contributed by atoms with Crippen LogP contribution >= 0.6 is 0 Å². The van der Waals surface area contributed by atoms with Crippen LogP contribution < -0.4 is 21.7 Å². The normalized spacial score (nSPS) is 22.0. The lowest BCUT2D eigenvalue weighted by Gasteiger charge is -2.22. The molecule has 2 aromatic carbocycles. The summed E-state index contributed by atoms with van der Waals surface area (Å²) >= 11 is 0. The summed E-state index contributed by atoms with van der Waals surface area (Å²) in [5.74, 6) is -3.48. The average molecular weight is 796 g/mol. The van der Waals surface area contributed by atoms with Gasteiger partial charge in [0, 0.05) is 67.7 Å². The zero-order valence-corrected chi connectivity index (χ0v) is 32.7. The number of halogens is 2. The number of benzene rings is 2. The molecular formula is C42H47F2N9O5. The topological polar surface area (TPSA) is 186 Å². The minimum atomic E-state index is -1.05. The fraction of sp³-hybridized carbons (Fsp3) is 0.405. The SMILES string of the molecule is CN=C1OCCC[C@@H](C)Cn2c(nc3ccc(C(=O)N4CC[C@@H](NCCc5cc(F)c([C@H]6CCC(=O)NC6=O)c(F)c5)C4)cc32)NC(=O)c2cc(C)nc(c2)C1=CN. The Kier molecular flexibility index (Phi) is 11.9. The van der Waals surface area contributed by atoms with E-state index in [1.165, 1.54) is 18.3 Å². The van der Waals surface area contributed by atoms with Gasteiger partial charge < -0.3 is 25.3 Å². The number of anilines is 1. The molecule has 58 heavy (non-hydrogen) atoms. The van der Waals surface area contributed by atoms with Crippen LogP contribution in [0.15, 0.2) is 53.7 Å². The van der Waals surface area contributed by atoms with Gasteiger partial charge in [0.05, 0.1) is 34.8 Å². The Morgan fingerprint density at radius 1 is 1.05 bits per heavy atom. The first kappa shape index (κ1) is 40.2. The van der Waals surface area contributed by atoms with E-state index in [-0.39, 0.29) is 42.2 Å². The first-order valence-electron chi connectivity index (χ1n) is 19.6. The van der Waals surface area contributed by atoms with Crippen LogP contribution in [0.4, 0.5) is 14.7 Å². The maximum Gasteiger partial charge on any atom is 0.258 e. The van der Waals surface area contributed by atoms with Crippen molar-refractivity contribution < 1.29 is 32.7 Å². The number of rotatable bonds is 6. The Morgan fingerprint density at radius 3 is 2.59 bits per heavy atom. The summed E-state index contributed by atoms with van der Waals surface area (Å²) in [6, 6.07) is 11.1. The summed E-state index contributed by atoms with van der Waals surface area (Å²) in [5.41, 5.74) is 9.85. The lowest BCUT2D eigenvalue weighted by molar-refractivity contribution is -0.134. The van der Waals surface area contributed by atoms with E-state index in [4.69, 9.17) is 15.5 Å². The molecule has 7 rings (SSSR count). The summed E-state index contributed by atoms with van der Waals surface area (Å²) < 4.78 is 38.1. The van der Waals surface area contributed by atoms with Gasteiger partial charge in [-0.2, -0.15) is 0 Å². The molecule has 0 spiro atoms. The van der Waals surface area contributed by atoms with Gasteiger partial charge in [0.1, 0.15) is 11.6 Å². The second kappa shape index (κ2) is 17.2. The molecular weight excluding hydrogens is 749 g/mol. The fourth-order valence-electron chi connectivity index (χ4n) is 7.98. The summed E-state index contributed by atoms with van der Waals surface area (Å²) in [4.78, 5) is 66.8. The molecule has 0 aliphatic carbocycles. The van der Waals surface area contributed by atoms with Crippen molar-refractivity contribution in [3.05, 3.63) is 93.9 Å². The van der Waals surface area contributed by atoms with E-state index in [1.54, 1.807) is 43.1 Å². The average Bonchev–Trinajstić information content (AvgIpc) is 3.79. The summed E-state index contributed by atoms with van der Waals surface area (Å²) in [7, 11) is 1.62. The highest BCUT2D eigenvalue weighted by Gasteiger charge is 2.33. The van der Waals surface area contributed by atoms with Gasteiger partial charge in [0.2, 0.25) is 23.7 Å². The van der Waals surface area contributed by atoms with Crippen molar-refractivity contribution in [1.82, 2.24) is 30.1 Å². The van der Waals surface area contributed by atoms with Gasteiger partial charge in [-0.15, -0.1) is 0 Å². The number of carbonyl (C=O) groups excluding carboxylic acids is 4. The molecule has 5 N–H and O–H groups in total. The third kappa shape index (κ3) is 8.61. The lowest BCUT2D eigenvalue weighted by atomic mass is 9.89. The molecule has 14 nitrogen and oxygen atoms in total. The molecule has 304 valence electrons.